The zero-order chi connectivity index (χ0) is 32.6. The highest BCUT2D eigenvalue weighted by Crippen LogP contribution is 2.12. The molecule has 0 saturated carbocycles. The van der Waals surface area contributed by atoms with Gasteiger partial charge in [-0.1, -0.05) is 145 Å². The number of carbonyl (C=O) groups excluding carboxylic acids is 1. The Labute approximate surface area is 270 Å². The molecule has 0 aromatic rings. The minimum atomic E-state index is -4.36. The Morgan fingerprint density at radius 2 is 1.09 bits per heavy atom. The third-order valence-corrected chi connectivity index (χ3v) is 7.92. The number of allylic oxidation sites excluding steroid dienone is 11. The molecule has 0 rings (SSSR count). The van der Waals surface area contributed by atoms with Crippen LogP contribution in [0.2, 0.25) is 0 Å². The van der Waals surface area contributed by atoms with Crippen molar-refractivity contribution in [2.24, 2.45) is 0 Å². The van der Waals surface area contributed by atoms with Crippen molar-refractivity contribution in [3.8, 4) is 0 Å². The van der Waals surface area contributed by atoms with Crippen molar-refractivity contribution < 1.29 is 22.9 Å². The second kappa shape index (κ2) is 30.8. The van der Waals surface area contributed by atoms with Crippen LogP contribution in [0.15, 0.2) is 72.9 Å². The molecule has 0 aliphatic carbocycles. The molecule has 1 amide bonds. The summed E-state index contributed by atoms with van der Waals surface area (Å²) in [7, 11) is -4.36. The molecule has 0 fully saturated rings. The van der Waals surface area contributed by atoms with Gasteiger partial charge in [-0.05, 0) is 57.8 Å². The molecule has 2 unspecified atom stereocenters. The van der Waals surface area contributed by atoms with Gasteiger partial charge >= 0.3 is 0 Å². The van der Waals surface area contributed by atoms with Gasteiger partial charge in [-0.25, -0.2) is 0 Å². The van der Waals surface area contributed by atoms with Crippen molar-refractivity contribution >= 4 is 16.0 Å². The van der Waals surface area contributed by atoms with E-state index in [1.54, 1.807) is 0 Å². The topological polar surface area (TPSA) is 104 Å². The predicted molar refractivity (Wildman–Crippen MR) is 188 cm³/mol. The second-order valence-corrected chi connectivity index (χ2v) is 12.9. The summed E-state index contributed by atoms with van der Waals surface area (Å²) in [5.41, 5.74) is 0. The average Bonchev–Trinajstić information content (AvgIpc) is 2.98. The van der Waals surface area contributed by atoms with E-state index in [0.29, 0.717) is 6.42 Å². The fraction of sp³-hybridized carbons (Fsp3) is 0.649. The van der Waals surface area contributed by atoms with E-state index in [1.807, 2.05) is 12.2 Å². The maximum absolute atomic E-state index is 12.4. The van der Waals surface area contributed by atoms with E-state index in [2.05, 4.69) is 73.8 Å². The highest BCUT2D eigenvalue weighted by atomic mass is 32.2. The van der Waals surface area contributed by atoms with Crippen LogP contribution in [0.4, 0.5) is 0 Å². The molecular formula is C37H63NO5S. The Morgan fingerprint density at radius 1 is 0.636 bits per heavy atom. The van der Waals surface area contributed by atoms with Crippen LogP contribution in [0.3, 0.4) is 0 Å². The number of amides is 1. The maximum atomic E-state index is 12.4. The van der Waals surface area contributed by atoms with E-state index in [-0.39, 0.29) is 12.3 Å². The molecule has 6 nitrogen and oxygen atoms in total. The highest BCUT2D eigenvalue weighted by molar-refractivity contribution is 7.85. The van der Waals surface area contributed by atoms with Crippen LogP contribution in [-0.4, -0.2) is 41.9 Å². The highest BCUT2D eigenvalue weighted by Gasteiger charge is 2.24. The number of hydrogen-bond donors (Lipinski definition) is 3. The second-order valence-electron chi connectivity index (χ2n) is 11.4. The van der Waals surface area contributed by atoms with Crippen molar-refractivity contribution in [3.05, 3.63) is 72.9 Å². The van der Waals surface area contributed by atoms with Crippen LogP contribution >= 0.6 is 0 Å². The third-order valence-electron chi connectivity index (χ3n) is 7.14. The van der Waals surface area contributed by atoms with Crippen LogP contribution in [0, 0.1) is 0 Å². The maximum Gasteiger partial charge on any atom is 0.267 e. The first-order chi connectivity index (χ1) is 21.3. The molecule has 252 valence electrons. The molecular weight excluding hydrogens is 570 g/mol. The zero-order valence-corrected chi connectivity index (χ0v) is 28.6. The third kappa shape index (κ3) is 31.2. The largest absolute Gasteiger partial charge is 0.387 e. The summed E-state index contributed by atoms with van der Waals surface area (Å²) in [6.07, 6.45) is 43.1. The summed E-state index contributed by atoms with van der Waals surface area (Å²) < 4.78 is 32.3. The van der Waals surface area contributed by atoms with Crippen LogP contribution in [0.5, 0.6) is 0 Å². The summed E-state index contributed by atoms with van der Waals surface area (Å²) in [5, 5.41) is 13.1. The first-order valence-electron chi connectivity index (χ1n) is 17.1. The number of carbonyl (C=O) groups is 1. The Hall–Kier alpha value is -2.22. The minimum Gasteiger partial charge on any atom is -0.387 e. The quantitative estimate of drug-likeness (QED) is 0.0432. The van der Waals surface area contributed by atoms with E-state index in [9.17, 15) is 22.9 Å². The zero-order valence-electron chi connectivity index (χ0n) is 27.8. The van der Waals surface area contributed by atoms with E-state index < -0.39 is 28.0 Å². The molecule has 0 aromatic carbocycles. The summed E-state index contributed by atoms with van der Waals surface area (Å²) in [4.78, 5) is 12.4. The lowest BCUT2D eigenvalue weighted by Gasteiger charge is -2.21. The predicted octanol–water partition coefficient (Wildman–Crippen LogP) is 9.51. The van der Waals surface area contributed by atoms with Gasteiger partial charge < -0.3 is 10.4 Å². The molecule has 0 bridgehead atoms. The van der Waals surface area contributed by atoms with E-state index >= 15 is 0 Å². The average molecular weight is 634 g/mol. The lowest BCUT2D eigenvalue weighted by Crippen LogP contribution is -2.46. The van der Waals surface area contributed by atoms with Crippen LogP contribution in [0.1, 0.15) is 136 Å². The monoisotopic (exact) mass is 633 g/mol. The van der Waals surface area contributed by atoms with Gasteiger partial charge in [-0.3, -0.25) is 9.35 Å². The Kier molecular flexibility index (Phi) is 29.2. The van der Waals surface area contributed by atoms with E-state index in [1.165, 1.54) is 57.4 Å². The van der Waals surface area contributed by atoms with Gasteiger partial charge in [0.2, 0.25) is 5.91 Å². The normalized spacial score (nSPS) is 14.4. The standard InChI is InChI=1S/C37H63NO5S/c1-3-5-7-9-11-13-15-17-18-19-20-21-23-25-27-29-31-33-37(40)38-35(34-44(41,42)43)36(39)32-30-28-26-24-22-16-14-12-10-8-6-4-2/h5,7,11,13,17-18,20-21,25,27,30,32,35-36,39H,3-4,6,8-10,12,14-16,19,22-24,26,28-29,31,33-34H2,1-2H3,(H,38,40)(H,41,42,43)/b7-5-,13-11-,18-17-,21-20-,27-25-,32-30+. The molecule has 44 heavy (non-hydrogen) atoms. The van der Waals surface area contributed by atoms with Gasteiger partial charge in [0, 0.05) is 6.42 Å². The van der Waals surface area contributed by atoms with Crippen molar-refractivity contribution in [2.45, 2.75) is 148 Å². The number of hydrogen-bond acceptors (Lipinski definition) is 4. The van der Waals surface area contributed by atoms with Gasteiger partial charge in [0.05, 0.1) is 17.9 Å². The Balaban J connectivity index is 4.18. The number of aliphatic hydroxyl groups is 1. The number of aliphatic hydroxyl groups excluding tert-OH is 1. The van der Waals surface area contributed by atoms with Gasteiger partial charge in [-0.2, -0.15) is 8.42 Å². The first kappa shape index (κ1) is 41.8. The van der Waals surface area contributed by atoms with Crippen molar-refractivity contribution in [1.82, 2.24) is 5.32 Å². The fourth-order valence-corrected chi connectivity index (χ4v) is 5.33. The summed E-state index contributed by atoms with van der Waals surface area (Å²) in [6, 6.07) is -1.09. The number of nitrogens with one attached hydrogen (secondary N) is 1. The Bertz CT molecular complexity index is 962. The van der Waals surface area contributed by atoms with E-state index in [4.69, 9.17) is 0 Å². The molecule has 0 aliphatic heterocycles. The van der Waals surface area contributed by atoms with Crippen molar-refractivity contribution in [3.63, 3.8) is 0 Å². The van der Waals surface area contributed by atoms with Gasteiger partial charge in [0.25, 0.3) is 10.1 Å². The summed E-state index contributed by atoms with van der Waals surface area (Å²) >= 11 is 0. The van der Waals surface area contributed by atoms with Crippen LogP contribution in [-0.2, 0) is 14.9 Å². The molecule has 2 atom stereocenters. The molecule has 0 heterocycles. The van der Waals surface area contributed by atoms with Gasteiger partial charge in [0.15, 0.2) is 0 Å². The minimum absolute atomic E-state index is 0.214. The van der Waals surface area contributed by atoms with Crippen molar-refractivity contribution in [1.29, 1.82) is 0 Å². The molecule has 0 radical (unpaired) electrons. The molecule has 7 heteroatoms. The first-order valence-corrected chi connectivity index (χ1v) is 18.7. The number of rotatable bonds is 29. The van der Waals surface area contributed by atoms with Crippen LogP contribution in [0.25, 0.3) is 0 Å². The van der Waals surface area contributed by atoms with E-state index in [0.717, 1.165) is 57.8 Å². The molecule has 3 N–H and O–H groups in total. The van der Waals surface area contributed by atoms with Gasteiger partial charge in [-0.15, -0.1) is 0 Å². The molecule has 0 aliphatic rings. The van der Waals surface area contributed by atoms with Crippen molar-refractivity contribution in [2.75, 3.05) is 5.75 Å². The number of unbranched alkanes of at least 4 members (excludes halogenated alkanes) is 11. The SMILES string of the molecule is CC/C=C\C/C=C\C/C=C\C/C=C\C/C=C\CCCC(=O)NC(CS(=O)(=O)O)C(O)/C=C/CCCCCCCCCCCC. The van der Waals surface area contributed by atoms with Gasteiger partial charge in [0.1, 0.15) is 0 Å². The summed E-state index contributed by atoms with van der Waals surface area (Å²) in [5.74, 6) is -1.06. The fourth-order valence-electron chi connectivity index (χ4n) is 4.60. The lowest BCUT2D eigenvalue weighted by atomic mass is 10.1. The lowest BCUT2D eigenvalue weighted by molar-refractivity contribution is -0.122. The summed E-state index contributed by atoms with van der Waals surface area (Å²) in [6.45, 7) is 4.37. The van der Waals surface area contributed by atoms with Crippen LogP contribution < -0.4 is 5.32 Å². The smallest absolute Gasteiger partial charge is 0.267 e. The molecule has 0 aromatic heterocycles. The molecule has 0 saturated heterocycles. The molecule has 0 spiro atoms. The Morgan fingerprint density at radius 3 is 1.59 bits per heavy atom.